The Hall–Kier alpha value is -2.09. The van der Waals surface area contributed by atoms with Crippen LogP contribution in [0.3, 0.4) is 0 Å². The second-order valence-corrected chi connectivity index (χ2v) is 11.4. The van der Waals surface area contributed by atoms with E-state index in [1.54, 1.807) is 24.5 Å². The molecule has 1 atom stereocenters. The lowest BCUT2D eigenvalue weighted by Gasteiger charge is -2.13. The third-order valence-corrected chi connectivity index (χ3v) is 7.75. The lowest BCUT2D eigenvalue weighted by Crippen LogP contribution is -2.06. The molecule has 4 nitrogen and oxygen atoms in total. The zero-order valence-corrected chi connectivity index (χ0v) is 23.6. The Morgan fingerprint density at radius 2 is 1.33 bits per heavy atom. The van der Waals surface area contributed by atoms with Crippen molar-refractivity contribution in [2.75, 3.05) is 0 Å². The number of aliphatic hydroxyl groups is 1. The Balaban J connectivity index is 0.000000148. The molecule has 0 radical (unpaired) electrons. The number of fused-ring (bicyclic) bond motifs is 4. The summed E-state index contributed by atoms with van der Waals surface area (Å²) in [6.07, 6.45) is 6.08. The van der Waals surface area contributed by atoms with Gasteiger partial charge in [-0.2, -0.15) is 0 Å². The number of hydrogen-bond donors (Lipinski definition) is 1. The topological polar surface area (TPSA) is 63.1 Å². The summed E-state index contributed by atoms with van der Waals surface area (Å²) in [5, 5.41) is 11.8. The molecule has 2 aliphatic rings. The highest BCUT2D eigenvalue weighted by atomic mass is 79.9. The molecule has 2 aliphatic carbocycles. The minimum absolute atomic E-state index is 0.0123. The molecule has 182 valence electrons. The number of rotatable bonds is 0. The Morgan fingerprint density at radius 1 is 0.750 bits per heavy atom. The van der Waals surface area contributed by atoms with Crippen LogP contribution in [0, 0.1) is 0 Å². The Bertz CT molecular complexity index is 1380. The second-order valence-electron chi connectivity index (χ2n) is 8.74. The van der Waals surface area contributed by atoms with E-state index < -0.39 is 6.10 Å². The minimum atomic E-state index is -0.664. The number of ketones is 1. The van der Waals surface area contributed by atoms with Crippen molar-refractivity contribution in [1.29, 1.82) is 0 Å². The first-order valence-corrected chi connectivity index (χ1v) is 13.7. The van der Waals surface area contributed by atoms with Crippen molar-refractivity contribution in [3.8, 4) is 0 Å². The fraction of sp³-hybridized carbons (Fsp3) is 0.179. The van der Waals surface area contributed by atoms with E-state index in [1.165, 1.54) is 0 Å². The average Bonchev–Trinajstić information content (AvgIpc) is 3.07. The monoisotopic (exact) mass is 644 g/mol. The van der Waals surface area contributed by atoms with Gasteiger partial charge in [0.05, 0.1) is 5.69 Å². The Kier molecular flexibility index (Phi) is 7.61. The van der Waals surface area contributed by atoms with Gasteiger partial charge in [-0.25, -0.2) is 0 Å². The van der Waals surface area contributed by atoms with Gasteiger partial charge in [0.25, 0.3) is 0 Å². The van der Waals surface area contributed by atoms with Gasteiger partial charge in [0.2, 0.25) is 5.78 Å². The fourth-order valence-electron chi connectivity index (χ4n) is 4.68. The van der Waals surface area contributed by atoms with E-state index in [4.69, 9.17) is 23.2 Å². The van der Waals surface area contributed by atoms with Crippen molar-refractivity contribution in [3.05, 3.63) is 125 Å². The van der Waals surface area contributed by atoms with Crippen LogP contribution in [0.2, 0.25) is 10.0 Å². The van der Waals surface area contributed by atoms with Gasteiger partial charge >= 0.3 is 0 Å². The number of hydrogen-bond acceptors (Lipinski definition) is 4. The van der Waals surface area contributed by atoms with Gasteiger partial charge in [0.1, 0.15) is 11.8 Å². The highest BCUT2D eigenvalue weighted by Gasteiger charge is 2.24. The molecule has 2 aromatic carbocycles. The quantitative estimate of drug-likeness (QED) is 0.215. The summed E-state index contributed by atoms with van der Waals surface area (Å²) in [5.41, 5.74) is 7.11. The normalized spacial score (nSPS) is 15.8. The molecule has 1 N–H and O–H groups in total. The molecule has 0 aliphatic heterocycles. The molecule has 1 unspecified atom stereocenters. The van der Waals surface area contributed by atoms with Crippen LogP contribution in [0.1, 0.15) is 55.7 Å². The summed E-state index contributed by atoms with van der Waals surface area (Å²) in [6.45, 7) is 0. The van der Waals surface area contributed by atoms with Gasteiger partial charge in [-0.15, -0.1) is 0 Å². The lowest BCUT2D eigenvalue weighted by molar-refractivity contribution is 0.103. The third-order valence-electron chi connectivity index (χ3n) is 6.41. The third kappa shape index (κ3) is 5.29. The van der Waals surface area contributed by atoms with E-state index in [1.807, 2.05) is 36.4 Å². The molecule has 2 heterocycles. The number of benzene rings is 2. The van der Waals surface area contributed by atoms with E-state index in [0.717, 1.165) is 68.1 Å². The molecular formula is C28H20Br2Cl2N2O2. The van der Waals surface area contributed by atoms with E-state index in [-0.39, 0.29) is 5.78 Å². The molecule has 2 aromatic heterocycles. The molecule has 36 heavy (non-hydrogen) atoms. The summed E-state index contributed by atoms with van der Waals surface area (Å²) >= 11 is 18.8. The summed E-state index contributed by atoms with van der Waals surface area (Å²) in [6, 6.07) is 15.0. The number of aromatic nitrogens is 2. The van der Waals surface area contributed by atoms with Gasteiger partial charge in [-0.05, 0) is 128 Å². The molecule has 0 saturated heterocycles. The summed E-state index contributed by atoms with van der Waals surface area (Å²) in [7, 11) is 0. The zero-order valence-electron chi connectivity index (χ0n) is 18.9. The number of carbonyl (C=O) groups is 1. The van der Waals surface area contributed by atoms with Crippen LogP contribution in [0.5, 0.6) is 0 Å². The van der Waals surface area contributed by atoms with Crippen molar-refractivity contribution in [2.45, 2.75) is 31.8 Å². The maximum Gasteiger partial charge on any atom is 0.211 e. The molecule has 0 spiro atoms. The van der Waals surface area contributed by atoms with Crippen molar-refractivity contribution < 1.29 is 9.90 Å². The molecule has 0 bridgehead atoms. The second kappa shape index (κ2) is 10.7. The summed E-state index contributed by atoms with van der Waals surface area (Å²) < 4.78 is 1.84. The van der Waals surface area contributed by atoms with Crippen molar-refractivity contribution in [3.63, 3.8) is 0 Å². The number of pyridine rings is 2. The van der Waals surface area contributed by atoms with Crippen molar-refractivity contribution >= 4 is 60.8 Å². The minimum Gasteiger partial charge on any atom is -0.382 e. The number of halogens is 4. The number of carbonyl (C=O) groups excluding carboxylic acids is 1. The smallest absolute Gasteiger partial charge is 0.211 e. The van der Waals surface area contributed by atoms with Crippen molar-refractivity contribution in [2.24, 2.45) is 0 Å². The van der Waals surface area contributed by atoms with Gasteiger partial charge in [-0.1, -0.05) is 29.3 Å². The van der Waals surface area contributed by atoms with Crippen LogP contribution in [-0.2, 0) is 25.7 Å². The van der Waals surface area contributed by atoms with Crippen LogP contribution in [0.25, 0.3) is 0 Å². The van der Waals surface area contributed by atoms with Crippen LogP contribution < -0.4 is 0 Å². The van der Waals surface area contributed by atoms with Gasteiger partial charge in [0.15, 0.2) is 0 Å². The zero-order chi connectivity index (χ0) is 25.4. The molecule has 8 heteroatoms. The molecule has 6 rings (SSSR count). The SMILES string of the molecule is O=C1c2ccc(Cl)cc2CCc2cc(Br)cnc21.OC1c2ccc(Cl)cc2CCc2cc(Br)cnc21. The van der Waals surface area contributed by atoms with Crippen molar-refractivity contribution in [1.82, 2.24) is 9.97 Å². The standard InChI is InChI=1S/C14H11BrClNO.C14H9BrClNO/c2*15-10-5-9-2-1-8-6-11(16)3-4-12(8)14(18)13(9)17-7-10/h3-7,14,18H,1-2H2;3-7H,1-2H2. The summed E-state index contributed by atoms with van der Waals surface area (Å²) in [4.78, 5) is 21.0. The van der Waals surface area contributed by atoms with Crippen LogP contribution >= 0.6 is 55.1 Å². The highest BCUT2D eigenvalue weighted by molar-refractivity contribution is 9.10. The predicted octanol–water partition coefficient (Wildman–Crippen LogP) is 7.50. The molecule has 0 amide bonds. The molecular weight excluding hydrogens is 627 g/mol. The van der Waals surface area contributed by atoms with E-state index in [2.05, 4.69) is 41.8 Å². The highest BCUT2D eigenvalue weighted by Crippen LogP contribution is 2.33. The van der Waals surface area contributed by atoms with Crippen LogP contribution in [0.4, 0.5) is 0 Å². The van der Waals surface area contributed by atoms with E-state index in [0.29, 0.717) is 21.3 Å². The van der Waals surface area contributed by atoms with Gasteiger partial charge < -0.3 is 5.11 Å². The largest absolute Gasteiger partial charge is 0.382 e. The first-order valence-electron chi connectivity index (χ1n) is 11.4. The number of aliphatic hydroxyl groups excluding tert-OH is 1. The van der Waals surface area contributed by atoms with Crippen LogP contribution in [0.15, 0.2) is 69.9 Å². The van der Waals surface area contributed by atoms with Gasteiger partial charge in [0, 0.05) is 36.9 Å². The van der Waals surface area contributed by atoms with Crippen LogP contribution in [-0.4, -0.2) is 20.9 Å². The number of nitrogens with zero attached hydrogens (tertiary/aromatic N) is 2. The van der Waals surface area contributed by atoms with E-state index >= 15 is 0 Å². The first-order chi connectivity index (χ1) is 17.3. The Morgan fingerprint density at radius 3 is 2.11 bits per heavy atom. The Labute approximate surface area is 236 Å². The van der Waals surface area contributed by atoms with E-state index in [9.17, 15) is 9.90 Å². The summed E-state index contributed by atoms with van der Waals surface area (Å²) in [5.74, 6) is -0.0123. The number of aryl methyl sites for hydroxylation is 4. The molecule has 0 fully saturated rings. The maximum atomic E-state index is 12.4. The fourth-order valence-corrected chi connectivity index (χ4v) is 5.82. The van der Waals surface area contributed by atoms with Gasteiger partial charge in [-0.3, -0.25) is 14.8 Å². The average molecular weight is 647 g/mol. The first kappa shape index (κ1) is 25.6. The molecule has 4 aromatic rings. The lowest BCUT2D eigenvalue weighted by atomic mass is 10.0. The predicted molar refractivity (Wildman–Crippen MR) is 149 cm³/mol. The maximum absolute atomic E-state index is 12.4. The molecule has 0 saturated carbocycles.